The van der Waals surface area contributed by atoms with Crippen molar-refractivity contribution in [2.45, 2.75) is 39.3 Å². The summed E-state index contributed by atoms with van der Waals surface area (Å²) in [5.74, 6) is -0.228. The van der Waals surface area contributed by atoms with E-state index in [-0.39, 0.29) is 11.8 Å². The molecule has 1 amide bonds. The summed E-state index contributed by atoms with van der Waals surface area (Å²) in [6.45, 7) is 6.80. The second-order valence-electron chi connectivity index (χ2n) is 5.73. The van der Waals surface area contributed by atoms with Gasteiger partial charge in [-0.25, -0.2) is 0 Å². The van der Waals surface area contributed by atoms with E-state index < -0.39 is 0 Å². The van der Waals surface area contributed by atoms with Gasteiger partial charge in [-0.05, 0) is 50.1 Å². The number of piperidine rings is 1. The van der Waals surface area contributed by atoms with E-state index in [0.717, 1.165) is 36.9 Å². The molecule has 0 saturated carbocycles. The van der Waals surface area contributed by atoms with E-state index in [2.05, 4.69) is 58.2 Å². The van der Waals surface area contributed by atoms with Gasteiger partial charge >= 0.3 is 0 Å². The highest BCUT2D eigenvalue weighted by molar-refractivity contribution is 9.10. The minimum absolute atomic E-state index is 0.0446. The lowest BCUT2D eigenvalue weighted by Gasteiger charge is -2.39. The lowest BCUT2D eigenvalue weighted by atomic mass is 9.92. The fraction of sp³-hybridized carbons (Fsp3) is 0.562. The van der Waals surface area contributed by atoms with Gasteiger partial charge in [-0.1, -0.05) is 22.9 Å². The maximum Gasteiger partial charge on any atom is 0.222 e. The zero-order valence-electron chi connectivity index (χ0n) is 12.7. The van der Waals surface area contributed by atoms with E-state index in [9.17, 15) is 4.79 Å². The smallest absolute Gasteiger partial charge is 0.222 e. The molecular formula is C16H24BrN3O. The molecule has 1 aromatic carbocycles. The number of nitrogens with two attached hydrogens (primary N) is 1. The van der Waals surface area contributed by atoms with Crippen LogP contribution >= 0.6 is 15.9 Å². The van der Waals surface area contributed by atoms with Gasteiger partial charge in [0.05, 0.1) is 5.92 Å². The van der Waals surface area contributed by atoms with Crippen LogP contribution in [0, 0.1) is 5.92 Å². The molecule has 1 aliphatic heterocycles. The molecule has 0 aliphatic carbocycles. The molecule has 1 aliphatic rings. The van der Waals surface area contributed by atoms with Crippen LogP contribution in [0.15, 0.2) is 22.7 Å². The second-order valence-corrected chi connectivity index (χ2v) is 6.65. The Hall–Kier alpha value is -1.07. The van der Waals surface area contributed by atoms with Crippen LogP contribution in [-0.2, 0) is 11.3 Å². The van der Waals surface area contributed by atoms with E-state index in [1.54, 1.807) is 0 Å². The van der Waals surface area contributed by atoms with Crippen molar-refractivity contribution in [2.24, 2.45) is 11.7 Å². The third-order valence-electron chi connectivity index (χ3n) is 4.20. The normalized spacial score (nSPS) is 22.3. The minimum atomic E-state index is -0.183. The van der Waals surface area contributed by atoms with E-state index >= 15 is 0 Å². The van der Waals surface area contributed by atoms with Crippen molar-refractivity contribution >= 4 is 27.5 Å². The van der Waals surface area contributed by atoms with Crippen molar-refractivity contribution in [1.29, 1.82) is 0 Å². The Bertz CT molecular complexity index is 506. The number of halogens is 1. The number of carbonyl (C=O) groups excluding carboxylic acids is 1. The van der Waals surface area contributed by atoms with Crippen LogP contribution in [0.25, 0.3) is 0 Å². The number of nitrogens with one attached hydrogen (secondary N) is 1. The first-order valence-electron chi connectivity index (χ1n) is 7.58. The van der Waals surface area contributed by atoms with Crippen molar-refractivity contribution in [3.8, 4) is 0 Å². The highest BCUT2D eigenvalue weighted by Crippen LogP contribution is 2.31. The highest BCUT2D eigenvalue weighted by atomic mass is 79.9. The molecule has 2 rings (SSSR count). The predicted octanol–water partition coefficient (Wildman–Crippen LogP) is 2.65. The van der Waals surface area contributed by atoms with Crippen molar-refractivity contribution < 1.29 is 4.79 Å². The first-order valence-corrected chi connectivity index (χ1v) is 8.37. The lowest BCUT2D eigenvalue weighted by molar-refractivity contribution is -0.122. The van der Waals surface area contributed by atoms with Crippen LogP contribution in [-0.4, -0.2) is 25.0 Å². The maximum absolute atomic E-state index is 11.5. The molecule has 1 fully saturated rings. The fourth-order valence-corrected chi connectivity index (χ4v) is 3.32. The van der Waals surface area contributed by atoms with Crippen molar-refractivity contribution in [3.05, 3.63) is 28.2 Å². The van der Waals surface area contributed by atoms with E-state index in [1.807, 2.05) is 0 Å². The third-order valence-corrected chi connectivity index (χ3v) is 4.69. The van der Waals surface area contributed by atoms with Crippen LogP contribution in [0.2, 0.25) is 0 Å². The van der Waals surface area contributed by atoms with Gasteiger partial charge in [-0.3, -0.25) is 4.79 Å². The van der Waals surface area contributed by atoms with Crippen LogP contribution in [0.5, 0.6) is 0 Å². The number of nitrogens with zero attached hydrogens (tertiary/aromatic N) is 1. The Balaban J connectivity index is 2.27. The SMILES string of the molecule is CCNCc1cc(Br)ccc1N1CC(C(N)=O)CCC1C. The van der Waals surface area contributed by atoms with Gasteiger partial charge in [0, 0.05) is 29.3 Å². The molecule has 0 spiro atoms. The molecule has 0 radical (unpaired) electrons. The average Bonchev–Trinajstić information content (AvgIpc) is 2.46. The quantitative estimate of drug-likeness (QED) is 0.855. The molecule has 1 heterocycles. The number of anilines is 1. The molecule has 0 bridgehead atoms. The Morgan fingerprint density at radius 3 is 2.90 bits per heavy atom. The zero-order chi connectivity index (χ0) is 15.4. The number of amides is 1. The van der Waals surface area contributed by atoms with Gasteiger partial charge in [-0.15, -0.1) is 0 Å². The summed E-state index contributed by atoms with van der Waals surface area (Å²) in [5, 5.41) is 3.38. The summed E-state index contributed by atoms with van der Waals surface area (Å²) in [6.07, 6.45) is 1.90. The molecule has 0 aromatic heterocycles. The Morgan fingerprint density at radius 2 is 2.24 bits per heavy atom. The number of hydrogen-bond acceptors (Lipinski definition) is 3. The van der Waals surface area contributed by atoms with Crippen molar-refractivity contribution in [1.82, 2.24) is 5.32 Å². The van der Waals surface area contributed by atoms with Gasteiger partial charge in [0.2, 0.25) is 5.91 Å². The standard InChI is InChI=1S/C16H24BrN3O/c1-3-19-9-13-8-14(17)6-7-15(13)20-10-12(16(18)21)5-4-11(20)2/h6-8,11-12,19H,3-5,9-10H2,1-2H3,(H2,18,21). The lowest BCUT2D eigenvalue weighted by Crippen LogP contribution is -2.46. The number of rotatable bonds is 5. The number of carbonyl (C=O) groups is 1. The van der Waals surface area contributed by atoms with Crippen LogP contribution < -0.4 is 16.0 Å². The topological polar surface area (TPSA) is 58.4 Å². The van der Waals surface area contributed by atoms with Crippen molar-refractivity contribution in [2.75, 3.05) is 18.0 Å². The maximum atomic E-state index is 11.5. The highest BCUT2D eigenvalue weighted by Gasteiger charge is 2.29. The summed E-state index contributed by atoms with van der Waals surface area (Å²) < 4.78 is 1.08. The first kappa shape index (κ1) is 16.3. The Kier molecular flexibility index (Phi) is 5.65. The summed E-state index contributed by atoms with van der Waals surface area (Å²) in [5.41, 5.74) is 7.97. The van der Waals surface area contributed by atoms with Gasteiger partial charge in [-0.2, -0.15) is 0 Å². The molecule has 3 N–H and O–H groups in total. The molecular weight excluding hydrogens is 330 g/mol. The fourth-order valence-electron chi connectivity index (χ4n) is 2.91. The summed E-state index contributed by atoms with van der Waals surface area (Å²) >= 11 is 3.54. The second kappa shape index (κ2) is 7.27. The van der Waals surface area contributed by atoms with Crippen molar-refractivity contribution in [3.63, 3.8) is 0 Å². The van der Waals surface area contributed by atoms with Crippen LogP contribution in [0.4, 0.5) is 5.69 Å². The number of benzene rings is 1. The molecule has 5 heteroatoms. The zero-order valence-corrected chi connectivity index (χ0v) is 14.3. The molecule has 1 aromatic rings. The largest absolute Gasteiger partial charge is 0.369 e. The monoisotopic (exact) mass is 353 g/mol. The summed E-state index contributed by atoms with van der Waals surface area (Å²) in [4.78, 5) is 13.9. The number of primary amides is 1. The predicted molar refractivity (Wildman–Crippen MR) is 90.2 cm³/mol. The first-order chi connectivity index (χ1) is 10.0. The summed E-state index contributed by atoms with van der Waals surface area (Å²) in [6, 6.07) is 6.78. The Labute approximate surface area is 135 Å². The molecule has 2 atom stereocenters. The molecule has 2 unspecified atom stereocenters. The van der Waals surface area contributed by atoms with Gasteiger partial charge < -0.3 is 16.0 Å². The van der Waals surface area contributed by atoms with Crippen LogP contribution in [0.1, 0.15) is 32.3 Å². The third kappa shape index (κ3) is 3.98. The molecule has 116 valence electrons. The van der Waals surface area contributed by atoms with E-state index in [1.165, 1.54) is 11.3 Å². The van der Waals surface area contributed by atoms with Gasteiger partial charge in [0.25, 0.3) is 0 Å². The van der Waals surface area contributed by atoms with E-state index in [4.69, 9.17) is 5.73 Å². The number of hydrogen-bond donors (Lipinski definition) is 2. The van der Waals surface area contributed by atoms with Gasteiger partial charge in [0.1, 0.15) is 0 Å². The van der Waals surface area contributed by atoms with E-state index in [0.29, 0.717) is 6.04 Å². The average molecular weight is 354 g/mol. The Morgan fingerprint density at radius 1 is 1.48 bits per heavy atom. The molecule has 1 saturated heterocycles. The summed E-state index contributed by atoms with van der Waals surface area (Å²) in [7, 11) is 0. The molecule has 4 nitrogen and oxygen atoms in total. The van der Waals surface area contributed by atoms with Crippen LogP contribution in [0.3, 0.4) is 0 Å². The van der Waals surface area contributed by atoms with Gasteiger partial charge in [0.15, 0.2) is 0 Å². The molecule has 21 heavy (non-hydrogen) atoms. The minimum Gasteiger partial charge on any atom is -0.369 e.